The molecule has 1 aromatic carbocycles. The predicted molar refractivity (Wildman–Crippen MR) is 72.0 cm³/mol. The third-order valence-electron chi connectivity index (χ3n) is 2.56. The fourth-order valence-corrected chi connectivity index (χ4v) is 1.52. The van der Waals surface area contributed by atoms with Crippen LogP contribution in [0.5, 0.6) is 5.75 Å². The number of nitrogens with one attached hydrogen (secondary N) is 1. The highest BCUT2D eigenvalue weighted by molar-refractivity contribution is 5.26. The van der Waals surface area contributed by atoms with E-state index in [2.05, 4.69) is 17.4 Å². The quantitative estimate of drug-likeness (QED) is 0.646. The van der Waals surface area contributed by atoms with Crippen LogP contribution in [0.25, 0.3) is 0 Å². The van der Waals surface area contributed by atoms with Crippen LogP contribution in [0.15, 0.2) is 24.3 Å². The molecule has 0 aromatic heterocycles. The number of rotatable bonds is 10. The maximum absolute atomic E-state index is 5.38. The van der Waals surface area contributed by atoms with Crippen molar-refractivity contribution in [3.63, 3.8) is 0 Å². The first-order chi connectivity index (χ1) is 8.86. The zero-order valence-corrected chi connectivity index (χ0v) is 11.3. The van der Waals surface area contributed by atoms with Gasteiger partial charge in [0.15, 0.2) is 0 Å². The van der Waals surface area contributed by atoms with Gasteiger partial charge in [-0.2, -0.15) is 0 Å². The van der Waals surface area contributed by atoms with Gasteiger partial charge in [0.1, 0.15) is 5.75 Å². The van der Waals surface area contributed by atoms with Crippen molar-refractivity contribution in [2.24, 2.45) is 0 Å². The summed E-state index contributed by atoms with van der Waals surface area (Å²) in [6.07, 6.45) is 1.01. The number of ether oxygens (including phenoxy) is 3. The van der Waals surface area contributed by atoms with Crippen LogP contribution in [0.1, 0.15) is 12.0 Å². The standard InChI is InChI=1S/C14H23NO3/c1-16-10-11-18-9-3-8-15-12-13-4-6-14(17-2)7-5-13/h4-7,15H,3,8-12H2,1-2H3. The smallest absolute Gasteiger partial charge is 0.118 e. The number of benzene rings is 1. The molecule has 0 heterocycles. The minimum atomic E-state index is 0.666. The molecule has 0 aliphatic rings. The van der Waals surface area contributed by atoms with Crippen molar-refractivity contribution in [3.8, 4) is 5.75 Å². The highest BCUT2D eigenvalue weighted by atomic mass is 16.5. The lowest BCUT2D eigenvalue weighted by atomic mass is 10.2. The Morgan fingerprint density at radius 2 is 1.78 bits per heavy atom. The molecule has 0 aliphatic carbocycles. The van der Waals surface area contributed by atoms with Gasteiger partial charge in [0.05, 0.1) is 20.3 Å². The number of hydrogen-bond acceptors (Lipinski definition) is 4. The van der Waals surface area contributed by atoms with Crippen LogP contribution in [0.2, 0.25) is 0 Å². The molecule has 0 fully saturated rings. The maximum atomic E-state index is 5.38. The van der Waals surface area contributed by atoms with E-state index in [1.54, 1.807) is 14.2 Å². The second-order valence-electron chi connectivity index (χ2n) is 3.98. The largest absolute Gasteiger partial charge is 0.497 e. The second kappa shape index (κ2) is 9.88. The van der Waals surface area contributed by atoms with Crippen molar-refractivity contribution >= 4 is 0 Å². The van der Waals surface area contributed by atoms with Crippen LogP contribution in [0.4, 0.5) is 0 Å². The summed E-state index contributed by atoms with van der Waals surface area (Å²) in [6.45, 7) is 3.95. The molecule has 0 saturated carbocycles. The van der Waals surface area contributed by atoms with Gasteiger partial charge in [0.25, 0.3) is 0 Å². The van der Waals surface area contributed by atoms with Gasteiger partial charge in [-0.1, -0.05) is 12.1 Å². The summed E-state index contributed by atoms with van der Waals surface area (Å²) >= 11 is 0. The van der Waals surface area contributed by atoms with Crippen LogP contribution in [0.3, 0.4) is 0 Å². The lowest BCUT2D eigenvalue weighted by Gasteiger charge is -2.06. The monoisotopic (exact) mass is 253 g/mol. The summed E-state index contributed by atoms with van der Waals surface area (Å²) in [5.74, 6) is 0.894. The summed E-state index contributed by atoms with van der Waals surface area (Å²) < 4.78 is 15.4. The molecule has 4 heteroatoms. The first-order valence-corrected chi connectivity index (χ1v) is 6.27. The highest BCUT2D eigenvalue weighted by Gasteiger charge is 1.94. The summed E-state index contributed by atoms with van der Waals surface area (Å²) in [5.41, 5.74) is 1.26. The third kappa shape index (κ3) is 6.59. The minimum absolute atomic E-state index is 0.666. The van der Waals surface area contributed by atoms with Gasteiger partial charge in [-0.15, -0.1) is 0 Å². The third-order valence-corrected chi connectivity index (χ3v) is 2.56. The van der Waals surface area contributed by atoms with E-state index in [0.29, 0.717) is 13.2 Å². The summed E-state index contributed by atoms with van der Waals surface area (Å²) in [6, 6.07) is 8.09. The molecule has 1 aromatic rings. The lowest BCUT2D eigenvalue weighted by molar-refractivity contribution is 0.0695. The van der Waals surface area contributed by atoms with Crippen LogP contribution < -0.4 is 10.1 Å². The van der Waals surface area contributed by atoms with E-state index in [9.17, 15) is 0 Å². The van der Waals surface area contributed by atoms with E-state index >= 15 is 0 Å². The Labute approximate surface area is 109 Å². The molecule has 4 nitrogen and oxygen atoms in total. The van der Waals surface area contributed by atoms with E-state index in [1.807, 2.05) is 12.1 Å². The Hall–Kier alpha value is -1.10. The Balaban J connectivity index is 2.00. The van der Waals surface area contributed by atoms with Crippen molar-refractivity contribution in [3.05, 3.63) is 29.8 Å². The number of hydrogen-bond donors (Lipinski definition) is 1. The number of methoxy groups -OCH3 is 2. The van der Waals surface area contributed by atoms with E-state index in [1.165, 1.54) is 5.56 Å². The van der Waals surface area contributed by atoms with Gasteiger partial charge < -0.3 is 19.5 Å². The molecular weight excluding hydrogens is 230 g/mol. The van der Waals surface area contributed by atoms with Crippen LogP contribution in [-0.2, 0) is 16.0 Å². The van der Waals surface area contributed by atoms with Crippen molar-refractivity contribution < 1.29 is 14.2 Å². The molecule has 18 heavy (non-hydrogen) atoms. The minimum Gasteiger partial charge on any atom is -0.497 e. The van der Waals surface area contributed by atoms with Gasteiger partial charge in [0, 0.05) is 20.3 Å². The average Bonchev–Trinajstić information content (AvgIpc) is 2.42. The Bertz CT molecular complexity index is 300. The lowest BCUT2D eigenvalue weighted by Crippen LogP contribution is -2.16. The topological polar surface area (TPSA) is 39.7 Å². The molecule has 0 spiro atoms. The van der Waals surface area contributed by atoms with Gasteiger partial charge >= 0.3 is 0 Å². The molecule has 0 aliphatic heterocycles. The zero-order chi connectivity index (χ0) is 13.1. The molecule has 0 unspecified atom stereocenters. The average molecular weight is 253 g/mol. The van der Waals surface area contributed by atoms with Crippen molar-refractivity contribution in [1.82, 2.24) is 5.32 Å². The first-order valence-electron chi connectivity index (χ1n) is 6.27. The molecule has 1 rings (SSSR count). The van der Waals surface area contributed by atoms with Crippen LogP contribution in [0, 0.1) is 0 Å². The molecule has 0 radical (unpaired) electrons. The molecule has 0 bridgehead atoms. The molecule has 0 amide bonds. The Morgan fingerprint density at radius 1 is 1.00 bits per heavy atom. The molecule has 102 valence electrons. The summed E-state index contributed by atoms with van der Waals surface area (Å²) in [4.78, 5) is 0. The molecule has 0 saturated heterocycles. The van der Waals surface area contributed by atoms with E-state index < -0.39 is 0 Å². The highest BCUT2D eigenvalue weighted by Crippen LogP contribution is 2.10. The van der Waals surface area contributed by atoms with Crippen molar-refractivity contribution in [2.45, 2.75) is 13.0 Å². The SMILES string of the molecule is COCCOCCCNCc1ccc(OC)cc1. The van der Waals surface area contributed by atoms with E-state index in [-0.39, 0.29) is 0 Å². The van der Waals surface area contributed by atoms with Crippen molar-refractivity contribution in [1.29, 1.82) is 0 Å². The normalized spacial score (nSPS) is 10.6. The van der Waals surface area contributed by atoms with Crippen LogP contribution in [-0.4, -0.2) is 40.6 Å². The predicted octanol–water partition coefficient (Wildman–Crippen LogP) is 1.84. The van der Waals surface area contributed by atoms with Gasteiger partial charge in [0.2, 0.25) is 0 Å². The van der Waals surface area contributed by atoms with Crippen LogP contribution >= 0.6 is 0 Å². The molecule has 0 atom stereocenters. The Morgan fingerprint density at radius 3 is 2.44 bits per heavy atom. The fraction of sp³-hybridized carbons (Fsp3) is 0.571. The van der Waals surface area contributed by atoms with Gasteiger partial charge in [-0.25, -0.2) is 0 Å². The van der Waals surface area contributed by atoms with E-state index in [0.717, 1.165) is 31.9 Å². The first kappa shape index (κ1) is 15.0. The van der Waals surface area contributed by atoms with Gasteiger partial charge in [-0.05, 0) is 30.7 Å². The Kier molecular flexibility index (Phi) is 8.21. The summed E-state index contributed by atoms with van der Waals surface area (Å²) in [5, 5.41) is 3.38. The summed E-state index contributed by atoms with van der Waals surface area (Å²) in [7, 11) is 3.36. The van der Waals surface area contributed by atoms with Crippen molar-refractivity contribution in [2.75, 3.05) is 40.6 Å². The van der Waals surface area contributed by atoms with Gasteiger partial charge in [-0.3, -0.25) is 0 Å². The zero-order valence-electron chi connectivity index (χ0n) is 11.3. The fourth-order valence-electron chi connectivity index (χ4n) is 1.52. The maximum Gasteiger partial charge on any atom is 0.118 e. The molecular formula is C14H23NO3. The van der Waals surface area contributed by atoms with E-state index in [4.69, 9.17) is 14.2 Å². The molecule has 1 N–H and O–H groups in total. The second-order valence-corrected chi connectivity index (χ2v) is 3.98.